The Morgan fingerprint density at radius 2 is 1.94 bits per heavy atom. The average Bonchev–Trinajstić information content (AvgIpc) is 2.30. The monoisotopic (exact) mass is 219 g/mol. The van der Waals surface area contributed by atoms with Gasteiger partial charge in [-0.1, -0.05) is 31.4 Å². The van der Waals surface area contributed by atoms with E-state index in [0.29, 0.717) is 11.6 Å². The fraction of sp³-hybridized carbons (Fsp3) is 0.462. The molecule has 1 fully saturated rings. The summed E-state index contributed by atoms with van der Waals surface area (Å²) in [6.45, 7) is 0. The molecule has 0 atom stereocenters. The topological polar surface area (TPSA) is 63.3 Å². The van der Waals surface area contributed by atoms with Gasteiger partial charge >= 0.3 is 5.97 Å². The lowest BCUT2D eigenvalue weighted by atomic mass is 9.83. The average molecular weight is 219 g/mol. The molecular formula is C13H17NO2. The molecule has 3 N–H and O–H groups in total. The number of carbonyl (C=O) groups is 1. The Labute approximate surface area is 95.3 Å². The van der Waals surface area contributed by atoms with Crippen LogP contribution in [0.3, 0.4) is 0 Å². The number of aromatic carboxylic acids is 1. The molecule has 0 aromatic heterocycles. The number of benzene rings is 1. The molecule has 1 aliphatic carbocycles. The van der Waals surface area contributed by atoms with Gasteiger partial charge in [-0.2, -0.15) is 0 Å². The van der Waals surface area contributed by atoms with E-state index in [2.05, 4.69) is 0 Å². The van der Waals surface area contributed by atoms with Gasteiger partial charge in [0, 0.05) is 5.69 Å². The smallest absolute Gasteiger partial charge is 0.337 e. The van der Waals surface area contributed by atoms with Gasteiger partial charge in [0.15, 0.2) is 0 Å². The lowest BCUT2D eigenvalue weighted by Crippen LogP contribution is -2.11. The van der Waals surface area contributed by atoms with Crippen molar-refractivity contribution in [2.45, 2.75) is 38.0 Å². The molecule has 0 spiro atoms. The van der Waals surface area contributed by atoms with Gasteiger partial charge in [0.1, 0.15) is 0 Å². The predicted octanol–water partition coefficient (Wildman–Crippen LogP) is 3.01. The van der Waals surface area contributed by atoms with Crippen molar-refractivity contribution in [2.75, 3.05) is 5.73 Å². The van der Waals surface area contributed by atoms with Crippen LogP contribution in [-0.4, -0.2) is 11.1 Å². The Morgan fingerprint density at radius 1 is 1.25 bits per heavy atom. The molecule has 3 heteroatoms. The minimum atomic E-state index is -0.935. The van der Waals surface area contributed by atoms with Gasteiger partial charge in [0.25, 0.3) is 0 Å². The maximum absolute atomic E-state index is 11.0. The third-order valence-corrected chi connectivity index (χ3v) is 3.42. The Hall–Kier alpha value is -1.51. The normalized spacial score (nSPS) is 17.2. The summed E-state index contributed by atoms with van der Waals surface area (Å²) in [5.41, 5.74) is 7.66. The first-order valence-electron chi connectivity index (χ1n) is 5.82. The van der Waals surface area contributed by atoms with E-state index in [0.717, 1.165) is 18.4 Å². The molecule has 0 unspecified atom stereocenters. The van der Waals surface area contributed by atoms with Crippen LogP contribution < -0.4 is 5.73 Å². The van der Waals surface area contributed by atoms with Crippen molar-refractivity contribution < 1.29 is 9.90 Å². The minimum absolute atomic E-state index is 0.239. The van der Waals surface area contributed by atoms with Crippen LogP contribution in [0.25, 0.3) is 0 Å². The summed E-state index contributed by atoms with van der Waals surface area (Å²) < 4.78 is 0. The first kappa shape index (κ1) is 11.0. The molecule has 0 amide bonds. The number of para-hydroxylation sites is 1. The fourth-order valence-electron chi connectivity index (χ4n) is 2.54. The molecule has 0 aliphatic heterocycles. The summed E-state index contributed by atoms with van der Waals surface area (Å²) in [6, 6.07) is 5.34. The first-order valence-corrected chi connectivity index (χ1v) is 5.82. The highest BCUT2D eigenvalue weighted by atomic mass is 16.4. The molecule has 0 radical (unpaired) electrons. The van der Waals surface area contributed by atoms with E-state index < -0.39 is 5.97 Å². The Bertz CT molecular complexity index is 395. The molecule has 2 rings (SSSR count). The van der Waals surface area contributed by atoms with Crippen molar-refractivity contribution in [2.24, 2.45) is 0 Å². The molecule has 1 aromatic rings. The molecule has 3 nitrogen and oxygen atoms in total. The zero-order chi connectivity index (χ0) is 11.5. The van der Waals surface area contributed by atoms with Crippen LogP contribution >= 0.6 is 0 Å². The molecular weight excluding hydrogens is 202 g/mol. The van der Waals surface area contributed by atoms with Crippen molar-refractivity contribution in [3.05, 3.63) is 29.3 Å². The number of anilines is 1. The summed E-state index contributed by atoms with van der Waals surface area (Å²) in [5.74, 6) is -0.483. The van der Waals surface area contributed by atoms with Crippen LogP contribution in [0, 0.1) is 0 Å². The quantitative estimate of drug-likeness (QED) is 0.751. The number of nitrogens with two attached hydrogens (primary N) is 1. The zero-order valence-electron chi connectivity index (χ0n) is 9.28. The molecule has 1 aromatic carbocycles. The second-order valence-corrected chi connectivity index (χ2v) is 4.45. The van der Waals surface area contributed by atoms with Crippen molar-refractivity contribution in [3.63, 3.8) is 0 Å². The van der Waals surface area contributed by atoms with Gasteiger partial charge in [-0.25, -0.2) is 4.79 Å². The third kappa shape index (κ3) is 2.03. The van der Waals surface area contributed by atoms with E-state index in [4.69, 9.17) is 10.8 Å². The maximum Gasteiger partial charge on any atom is 0.337 e. The van der Waals surface area contributed by atoms with Crippen molar-refractivity contribution in [1.82, 2.24) is 0 Å². The minimum Gasteiger partial charge on any atom is -0.478 e. The molecule has 86 valence electrons. The van der Waals surface area contributed by atoms with E-state index in [1.165, 1.54) is 19.3 Å². The van der Waals surface area contributed by atoms with Crippen LogP contribution in [0.15, 0.2) is 18.2 Å². The van der Waals surface area contributed by atoms with Crippen LogP contribution in [0.2, 0.25) is 0 Å². The van der Waals surface area contributed by atoms with Crippen LogP contribution in [-0.2, 0) is 0 Å². The number of carboxylic acids is 1. The zero-order valence-corrected chi connectivity index (χ0v) is 9.28. The Kier molecular flexibility index (Phi) is 3.13. The maximum atomic E-state index is 11.0. The second kappa shape index (κ2) is 4.56. The van der Waals surface area contributed by atoms with Crippen LogP contribution in [0.4, 0.5) is 5.69 Å². The van der Waals surface area contributed by atoms with Gasteiger partial charge in [-0.15, -0.1) is 0 Å². The van der Waals surface area contributed by atoms with Crippen molar-refractivity contribution in [3.8, 4) is 0 Å². The molecule has 0 heterocycles. The Morgan fingerprint density at radius 3 is 2.56 bits per heavy atom. The van der Waals surface area contributed by atoms with E-state index in [1.54, 1.807) is 12.1 Å². The van der Waals surface area contributed by atoms with E-state index in [1.807, 2.05) is 6.07 Å². The van der Waals surface area contributed by atoms with Gasteiger partial charge in [0.2, 0.25) is 0 Å². The Balaban J connectivity index is 2.33. The third-order valence-electron chi connectivity index (χ3n) is 3.42. The number of carboxylic acid groups (broad SMARTS) is 1. The predicted molar refractivity (Wildman–Crippen MR) is 63.6 cm³/mol. The summed E-state index contributed by atoms with van der Waals surface area (Å²) in [7, 11) is 0. The number of hydrogen-bond acceptors (Lipinski definition) is 2. The van der Waals surface area contributed by atoms with Gasteiger partial charge in [-0.05, 0) is 30.4 Å². The van der Waals surface area contributed by atoms with Gasteiger partial charge in [0.05, 0.1) is 5.56 Å². The summed E-state index contributed by atoms with van der Waals surface area (Å²) >= 11 is 0. The van der Waals surface area contributed by atoms with Crippen molar-refractivity contribution >= 4 is 11.7 Å². The number of nitrogen functional groups attached to an aromatic ring is 1. The summed E-state index contributed by atoms with van der Waals surface area (Å²) in [5, 5.41) is 9.01. The summed E-state index contributed by atoms with van der Waals surface area (Å²) in [4.78, 5) is 11.0. The lowest BCUT2D eigenvalue weighted by Gasteiger charge is -2.23. The highest BCUT2D eigenvalue weighted by Gasteiger charge is 2.20. The van der Waals surface area contributed by atoms with E-state index in [-0.39, 0.29) is 5.56 Å². The van der Waals surface area contributed by atoms with Gasteiger partial charge in [-0.3, -0.25) is 0 Å². The fourth-order valence-corrected chi connectivity index (χ4v) is 2.54. The standard InChI is InChI=1S/C13H17NO2/c14-12-10(9-5-2-1-3-6-9)7-4-8-11(12)13(15)16/h4,7-9H,1-3,5-6,14H2,(H,15,16). The van der Waals surface area contributed by atoms with Crippen LogP contribution in [0.1, 0.15) is 53.9 Å². The van der Waals surface area contributed by atoms with Crippen LogP contribution in [0.5, 0.6) is 0 Å². The van der Waals surface area contributed by atoms with E-state index >= 15 is 0 Å². The first-order chi connectivity index (χ1) is 7.70. The van der Waals surface area contributed by atoms with Gasteiger partial charge < -0.3 is 10.8 Å². The SMILES string of the molecule is Nc1c(C(=O)O)cccc1C1CCCCC1. The molecule has 1 saturated carbocycles. The largest absolute Gasteiger partial charge is 0.478 e. The summed E-state index contributed by atoms with van der Waals surface area (Å²) in [6.07, 6.45) is 6.00. The van der Waals surface area contributed by atoms with E-state index in [9.17, 15) is 4.79 Å². The second-order valence-electron chi connectivity index (χ2n) is 4.45. The number of rotatable bonds is 2. The highest BCUT2D eigenvalue weighted by Crippen LogP contribution is 2.36. The molecule has 16 heavy (non-hydrogen) atoms. The highest BCUT2D eigenvalue weighted by molar-refractivity contribution is 5.94. The lowest BCUT2D eigenvalue weighted by molar-refractivity contribution is 0.0698. The number of hydrogen-bond donors (Lipinski definition) is 2. The molecule has 1 aliphatic rings. The molecule has 0 saturated heterocycles. The van der Waals surface area contributed by atoms with Crippen molar-refractivity contribution in [1.29, 1.82) is 0 Å². The molecule has 0 bridgehead atoms.